The Morgan fingerprint density at radius 3 is 2.89 bits per heavy atom. The van der Waals surface area contributed by atoms with Crippen LogP contribution in [-0.4, -0.2) is 16.0 Å². The number of nitrogens with two attached hydrogens (primary N) is 1. The van der Waals surface area contributed by atoms with Gasteiger partial charge in [-0.1, -0.05) is 13.8 Å². The highest BCUT2D eigenvalue weighted by Gasteiger charge is 2.30. The third kappa shape index (κ3) is 1.92. The van der Waals surface area contributed by atoms with Crippen LogP contribution >= 0.6 is 11.3 Å². The Bertz CT molecular complexity index is 565. The van der Waals surface area contributed by atoms with Crippen molar-refractivity contribution >= 4 is 33.3 Å². The summed E-state index contributed by atoms with van der Waals surface area (Å²) in [6, 6.07) is 2.56. The third-order valence-corrected chi connectivity index (χ3v) is 4.94. The molecular formula is C13H18N4S. The Hall–Kier alpha value is -1.36. The molecule has 3 unspecified atom stereocenters. The summed E-state index contributed by atoms with van der Waals surface area (Å²) in [4.78, 5) is 9.57. The van der Waals surface area contributed by atoms with Crippen LogP contribution in [-0.2, 0) is 0 Å². The smallest absolute Gasteiger partial charge is 0.223 e. The number of anilines is 2. The van der Waals surface area contributed by atoms with Crippen LogP contribution in [0.1, 0.15) is 26.7 Å². The Morgan fingerprint density at radius 2 is 2.17 bits per heavy atom. The molecule has 96 valence electrons. The van der Waals surface area contributed by atoms with E-state index in [0.717, 1.165) is 22.0 Å². The third-order valence-electron chi connectivity index (χ3n) is 4.13. The first kappa shape index (κ1) is 11.7. The Labute approximate surface area is 111 Å². The Kier molecular flexibility index (Phi) is 2.86. The molecule has 18 heavy (non-hydrogen) atoms. The van der Waals surface area contributed by atoms with Gasteiger partial charge in [-0.25, -0.2) is 4.98 Å². The summed E-state index contributed by atoms with van der Waals surface area (Å²) in [6.07, 6.45) is 2.49. The van der Waals surface area contributed by atoms with Crippen LogP contribution < -0.4 is 11.1 Å². The van der Waals surface area contributed by atoms with Gasteiger partial charge < -0.3 is 11.1 Å². The van der Waals surface area contributed by atoms with Gasteiger partial charge in [0.2, 0.25) is 5.95 Å². The molecule has 0 aromatic carbocycles. The number of thiophene rings is 1. The molecule has 1 aliphatic carbocycles. The average Bonchev–Trinajstić information content (AvgIpc) is 2.90. The minimum Gasteiger partial charge on any atom is -0.368 e. The second kappa shape index (κ2) is 4.39. The molecule has 1 saturated carbocycles. The first-order valence-corrected chi connectivity index (χ1v) is 7.30. The molecule has 0 radical (unpaired) electrons. The van der Waals surface area contributed by atoms with Crippen LogP contribution in [0.25, 0.3) is 10.2 Å². The normalized spacial score (nSPS) is 27.8. The van der Waals surface area contributed by atoms with Gasteiger partial charge >= 0.3 is 0 Å². The van der Waals surface area contributed by atoms with Gasteiger partial charge in [0.25, 0.3) is 0 Å². The van der Waals surface area contributed by atoms with Gasteiger partial charge in [0, 0.05) is 6.04 Å². The molecule has 5 heteroatoms. The van der Waals surface area contributed by atoms with Gasteiger partial charge in [0.15, 0.2) is 0 Å². The van der Waals surface area contributed by atoms with Crippen LogP contribution in [0.4, 0.5) is 11.8 Å². The predicted octanol–water partition coefficient (Wildman–Crippen LogP) is 3.12. The minimum atomic E-state index is 0.353. The fourth-order valence-corrected chi connectivity index (χ4v) is 3.50. The summed E-state index contributed by atoms with van der Waals surface area (Å²) in [7, 11) is 0. The second-order valence-electron chi connectivity index (χ2n) is 5.23. The van der Waals surface area contributed by atoms with Crippen molar-refractivity contribution in [2.75, 3.05) is 11.1 Å². The van der Waals surface area contributed by atoms with Crippen LogP contribution in [0.3, 0.4) is 0 Å². The number of nitrogen functional groups attached to an aromatic ring is 1. The number of aromatic nitrogens is 2. The van der Waals surface area contributed by atoms with E-state index in [9.17, 15) is 0 Å². The maximum Gasteiger partial charge on any atom is 0.223 e. The maximum absolute atomic E-state index is 5.76. The lowest BCUT2D eigenvalue weighted by Crippen LogP contribution is -2.24. The molecule has 0 bridgehead atoms. The summed E-state index contributed by atoms with van der Waals surface area (Å²) >= 11 is 1.60. The van der Waals surface area contributed by atoms with Gasteiger partial charge in [-0.2, -0.15) is 4.98 Å². The maximum atomic E-state index is 5.76. The topological polar surface area (TPSA) is 63.8 Å². The number of nitrogens with one attached hydrogen (secondary N) is 1. The van der Waals surface area contributed by atoms with Crippen LogP contribution in [0.5, 0.6) is 0 Å². The van der Waals surface area contributed by atoms with Crippen molar-refractivity contribution in [3.63, 3.8) is 0 Å². The van der Waals surface area contributed by atoms with E-state index >= 15 is 0 Å². The van der Waals surface area contributed by atoms with Crippen LogP contribution in [0.15, 0.2) is 11.4 Å². The molecule has 3 N–H and O–H groups in total. The molecule has 1 aliphatic rings. The molecule has 0 spiro atoms. The van der Waals surface area contributed by atoms with E-state index in [0.29, 0.717) is 17.9 Å². The van der Waals surface area contributed by atoms with Crippen molar-refractivity contribution in [3.8, 4) is 0 Å². The zero-order valence-corrected chi connectivity index (χ0v) is 11.5. The first-order valence-electron chi connectivity index (χ1n) is 6.42. The molecule has 1 fully saturated rings. The van der Waals surface area contributed by atoms with Crippen molar-refractivity contribution < 1.29 is 0 Å². The zero-order valence-electron chi connectivity index (χ0n) is 10.7. The summed E-state index contributed by atoms with van der Waals surface area (Å²) in [5, 5.41) is 6.68. The molecule has 0 saturated heterocycles. The quantitative estimate of drug-likeness (QED) is 0.872. The van der Waals surface area contributed by atoms with Gasteiger partial charge in [0.1, 0.15) is 10.6 Å². The molecular weight excluding hydrogens is 244 g/mol. The lowest BCUT2D eigenvalue weighted by atomic mass is 9.98. The lowest BCUT2D eigenvalue weighted by Gasteiger charge is -2.20. The fourth-order valence-electron chi connectivity index (χ4n) is 2.73. The minimum absolute atomic E-state index is 0.353. The van der Waals surface area contributed by atoms with Crippen molar-refractivity contribution in [2.45, 2.75) is 32.7 Å². The summed E-state index contributed by atoms with van der Waals surface area (Å²) in [6.45, 7) is 4.63. The standard InChI is InChI=1S/C13H18N4S/c1-7-3-4-10(8(7)2)15-11-9-5-6-18-12(9)17-13(14)16-11/h5-8,10H,3-4H2,1-2H3,(H3,14,15,16,17). The van der Waals surface area contributed by atoms with Crippen LogP contribution in [0.2, 0.25) is 0 Å². The number of hydrogen-bond donors (Lipinski definition) is 2. The fraction of sp³-hybridized carbons (Fsp3) is 0.538. The van der Waals surface area contributed by atoms with Crippen LogP contribution in [0, 0.1) is 11.8 Å². The second-order valence-corrected chi connectivity index (χ2v) is 6.13. The highest BCUT2D eigenvalue weighted by Crippen LogP contribution is 2.34. The highest BCUT2D eigenvalue weighted by atomic mass is 32.1. The average molecular weight is 262 g/mol. The van der Waals surface area contributed by atoms with Crippen molar-refractivity contribution in [1.82, 2.24) is 9.97 Å². The SMILES string of the molecule is CC1CCC(Nc2nc(N)nc3sccc23)C1C. The monoisotopic (exact) mass is 262 g/mol. The van der Waals surface area contributed by atoms with Crippen molar-refractivity contribution in [3.05, 3.63) is 11.4 Å². The lowest BCUT2D eigenvalue weighted by molar-refractivity contribution is 0.435. The molecule has 0 amide bonds. The molecule has 2 aromatic rings. The van der Waals surface area contributed by atoms with Crippen molar-refractivity contribution in [2.24, 2.45) is 11.8 Å². The van der Waals surface area contributed by atoms with Crippen molar-refractivity contribution in [1.29, 1.82) is 0 Å². The summed E-state index contributed by atoms with van der Waals surface area (Å²) < 4.78 is 0. The Balaban J connectivity index is 1.92. The van der Waals surface area contributed by atoms with E-state index in [1.807, 2.05) is 5.38 Å². The van der Waals surface area contributed by atoms with E-state index in [1.165, 1.54) is 12.8 Å². The number of fused-ring (bicyclic) bond motifs is 1. The van der Waals surface area contributed by atoms with E-state index in [2.05, 4.69) is 35.2 Å². The summed E-state index contributed by atoms with van der Waals surface area (Å²) in [5.41, 5.74) is 5.76. The number of hydrogen-bond acceptors (Lipinski definition) is 5. The van der Waals surface area contributed by atoms with E-state index in [4.69, 9.17) is 5.73 Å². The predicted molar refractivity (Wildman–Crippen MR) is 76.8 cm³/mol. The van der Waals surface area contributed by atoms with E-state index < -0.39 is 0 Å². The first-order chi connectivity index (χ1) is 8.65. The molecule has 3 atom stereocenters. The molecule has 2 aromatic heterocycles. The molecule has 3 rings (SSSR count). The highest BCUT2D eigenvalue weighted by molar-refractivity contribution is 7.16. The molecule has 2 heterocycles. The van der Waals surface area contributed by atoms with Gasteiger partial charge in [-0.15, -0.1) is 11.3 Å². The summed E-state index contributed by atoms with van der Waals surface area (Å²) in [5.74, 6) is 2.70. The van der Waals surface area contributed by atoms with Gasteiger partial charge in [0.05, 0.1) is 5.39 Å². The number of rotatable bonds is 2. The van der Waals surface area contributed by atoms with E-state index in [1.54, 1.807) is 11.3 Å². The molecule has 4 nitrogen and oxygen atoms in total. The molecule has 0 aliphatic heterocycles. The largest absolute Gasteiger partial charge is 0.368 e. The Morgan fingerprint density at radius 1 is 1.33 bits per heavy atom. The van der Waals surface area contributed by atoms with Gasteiger partial charge in [-0.05, 0) is 36.1 Å². The zero-order chi connectivity index (χ0) is 12.7. The van der Waals surface area contributed by atoms with E-state index in [-0.39, 0.29) is 0 Å². The number of nitrogens with zero attached hydrogens (tertiary/aromatic N) is 2. The van der Waals surface area contributed by atoms with Gasteiger partial charge in [-0.3, -0.25) is 0 Å².